The van der Waals surface area contributed by atoms with Crippen molar-refractivity contribution in [2.45, 2.75) is 44.2 Å². The minimum atomic E-state index is -3.96. The van der Waals surface area contributed by atoms with Crippen molar-refractivity contribution in [3.63, 3.8) is 0 Å². The van der Waals surface area contributed by atoms with E-state index in [0.29, 0.717) is 24.5 Å². The van der Waals surface area contributed by atoms with Crippen molar-refractivity contribution in [1.29, 1.82) is 0 Å². The summed E-state index contributed by atoms with van der Waals surface area (Å²) in [5, 5.41) is 2.78. The molecule has 2 aliphatic heterocycles. The second kappa shape index (κ2) is 9.63. The van der Waals surface area contributed by atoms with Crippen LogP contribution in [-0.2, 0) is 26.0 Å². The summed E-state index contributed by atoms with van der Waals surface area (Å²) in [5.41, 5.74) is 1.51. The molecule has 0 bridgehead atoms. The molecule has 0 radical (unpaired) electrons. The topological polar surface area (TPSA) is 114 Å². The van der Waals surface area contributed by atoms with Gasteiger partial charge in [-0.15, -0.1) is 0 Å². The number of nitrogens with zero attached hydrogens (tertiary/aromatic N) is 1. The number of sulfonamides is 1. The van der Waals surface area contributed by atoms with Crippen LogP contribution in [0, 0.1) is 5.92 Å². The van der Waals surface area contributed by atoms with Crippen molar-refractivity contribution < 1.29 is 27.5 Å². The van der Waals surface area contributed by atoms with Gasteiger partial charge in [0.1, 0.15) is 18.8 Å². The van der Waals surface area contributed by atoms with E-state index in [2.05, 4.69) is 10.0 Å². The minimum absolute atomic E-state index is 0.0655. The molecular weight excluding hydrogens is 458 g/mol. The van der Waals surface area contributed by atoms with E-state index in [1.165, 1.54) is 13.0 Å². The monoisotopic (exact) mass is 487 g/mol. The third kappa shape index (κ3) is 5.02. The highest BCUT2D eigenvalue weighted by Gasteiger charge is 2.31. The summed E-state index contributed by atoms with van der Waals surface area (Å²) < 4.78 is 40.2. The second-order valence-corrected chi connectivity index (χ2v) is 10.5. The Hall–Kier alpha value is -3.11. The van der Waals surface area contributed by atoms with Gasteiger partial charge in [0.25, 0.3) is 0 Å². The van der Waals surface area contributed by atoms with Gasteiger partial charge in [-0.25, -0.2) is 8.42 Å². The number of rotatable bonds is 7. The molecule has 9 nitrogen and oxygen atoms in total. The van der Waals surface area contributed by atoms with E-state index in [9.17, 15) is 18.0 Å². The molecule has 0 saturated carbocycles. The number of benzene rings is 2. The van der Waals surface area contributed by atoms with Crippen LogP contribution in [0.25, 0.3) is 0 Å². The standard InChI is InChI=1S/C24H29N3O6S/c1-15(2)23(24(29)25-13-18-14-32-21-6-4-5-7-22(21)33-18)26-34(30,31)19-8-9-20-17(12-19)10-11-27(20)16(3)28/h4-9,12,15,18,23,26H,10-11,13-14H2,1-3H3,(H,25,29)/t18-,23-/m1/s1. The smallest absolute Gasteiger partial charge is 0.241 e. The van der Waals surface area contributed by atoms with Crippen LogP contribution in [-0.4, -0.2) is 52.1 Å². The van der Waals surface area contributed by atoms with Crippen LogP contribution in [0.1, 0.15) is 26.3 Å². The molecule has 0 fully saturated rings. The number of para-hydroxylation sites is 2. The molecule has 10 heteroatoms. The van der Waals surface area contributed by atoms with Gasteiger partial charge in [-0.2, -0.15) is 4.72 Å². The molecule has 2 aliphatic rings. The van der Waals surface area contributed by atoms with E-state index in [1.807, 2.05) is 18.2 Å². The highest BCUT2D eigenvalue weighted by atomic mass is 32.2. The fourth-order valence-corrected chi connectivity index (χ4v) is 5.48. The molecule has 2 atom stereocenters. The maximum Gasteiger partial charge on any atom is 0.241 e. The van der Waals surface area contributed by atoms with Crippen molar-refractivity contribution in [2.75, 3.05) is 24.6 Å². The molecular formula is C24H29N3O6S. The lowest BCUT2D eigenvalue weighted by Gasteiger charge is -2.28. The number of amides is 2. The SMILES string of the molecule is CC(=O)N1CCc2cc(S(=O)(=O)N[C@@H](C(=O)NC[C@@H]3COc4ccccc4O3)C(C)C)ccc21. The number of hydrogen-bond donors (Lipinski definition) is 2. The van der Waals surface area contributed by atoms with Crippen molar-refractivity contribution in [2.24, 2.45) is 5.92 Å². The zero-order valence-electron chi connectivity index (χ0n) is 19.4. The number of hydrogen-bond acceptors (Lipinski definition) is 6. The summed E-state index contributed by atoms with van der Waals surface area (Å²) in [4.78, 5) is 26.4. The van der Waals surface area contributed by atoms with Gasteiger partial charge in [0.15, 0.2) is 11.5 Å². The molecule has 0 aliphatic carbocycles. The summed E-state index contributed by atoms with van der Waals surface area (Å²) >= 11 is 0. The van der Waals surface area contributed by atoms with Gasteiger partial charge >= 0.3 is 0 Å². The van der Waals surface area contributed by atoms with E-state index in [4.69, 9.17) is 9.47 Å². The number of nitrogens with one attached hydrogen (secondary N) is 2. The Balaban J connectivity index is 1.41. The molecule has 0 aromatic heterocycles. The number of fused-ring (bicyclic) bond motifs is 2. The quantitative estimate of drug-likeness (QED) is 0.616. The first-order chi connectivity index (χ1) is 16.2. The zero-order chi connectivity index (χ0) is 24.5. The predicted octanol–water partition coefficient (Wildman–Crippen LogP) is 1.85. The number of carbonyl (C=O) groups excluding carboxylic acids is 2. The molecule has 2 aromatic rings. The Bertz CT molecular complexity index is 1200. The van der Waals surface area contributed by atoms with Crippen LogP contribution < -0.4 is 24.4 Å². The number of ether oxygens (including phenoxy) is 2. The normalized spacial score (nSPS) is 17.9. The summed E-state index contributed by atoms with van der Waals surface area (Å²) in [6.07, 6.45) is 0.197. The van der Waals surface area contributed by atoms with Crippen LogP contribution in [0.5, 0.6) is 11.5 Å². The summed E-state index contributed by atoms with van der Waals surface area (Å²) in [5.74, 6) is 0.444. The van der Waals surface area contributed by atoms with Crippen LogP contribution in [0.4, 0.5) is 5.69 Å². The van der Waals surface area contributed by atoms with E-state index in [0.717, 1.165) is 11.3 Å². The summed E-state index contributed by atoms with van der Waals surface area (Å²) in [7, 11) is -3.96. The van der Waals surface area contributed by atoms with Gasteiger partial charge in [-0.05, 0) is 48.2 Å². The first-order valence-electron chi connectivity index (χ1n) is 11.3. The maximum atomic E-state index is 13.1. The minimum Gasteiger partial charge on any atom is -0.486 e. The molecule has 182 valence electrons. The van der Waals surface area contributed by atoms with Gasteiger partial charge in [0.2, 0.25) is 21.8 Å². The first kappa shape index (κ1) is 24.0. The fourth-order valence-electron chi connectivity index (χ4n) is 4.09. The molecule has 2 amide bonds. The summed E-state index contributed by atoms with van der Waals surface area (Å²) in [6.45, 7) is 6.01. The van der Waals surface area contributed by atoms with Gasteiger partial charge in [0.05, 0.1) is 11.4 Å². The third-order valence-electron chi connectivity index (χ3n) is 5.94. The van der Waals surface area contributed by atoms with Crippen molar-refractivity contribution in [3.05, 3.63) is 48.0 Å². The first-order valence-corrected chi connectivity index (χ1v) is 12.7. The molecule has 0 saturated heterocycles. The second-order valence-electron chi connectivity index (χ2n) is 8.80. The van der Waals surface area contributed by atoms with Gasteiger partial charge in [0, 0.05) is 19.2 Å². The lowest BCUT2D eigenvalue weighted by molar-refractivity contribution is -0.124. The molecule has 2 heterocycles. The molecule has 2 N–H and O–H groups in total. The van der Waals surface area contributed by atoms with Crippen molar-refractivity contribution in [3.8, 4) is 11.5 Å². The Labute approximate surface area is 199 Å². The highest BCUT2D eigenvalue weighted by Crippen LogP contribution is 2.31. The largest absolute Gasteiger partial charge is 0.486 e. The molecule has 34 heavy (non-hydrogen) atoms. The van der Waals surface area contributed by atoms with Crippen LogP contribution in [0.2, 0.25) is 0 Å². The molecule has 0 spiro atoms. The molecule has 4 rings (SSSR count). The predicted molar refractivity (Wildman–Crippen MR) is 126 cm³/mol. The fraction of sp³-hybridized carbons (Fsp3) is 0.417. The highest BCUT2D eigenvalue weighted by molar-refractivity contribution is 7.89. The Morgan fingerprint density at radius 2 is 1.88 bits per heavy atom. The van der Waals surface area contributed by atoms with Gasteiger partial charge in [-0.3, -0.25) is 9.59 Å². The van der Waals surface area contributed by atoms with Gasteiger partial charge < -0.3 is 19.7 Å². The third-order valence-corrected chi connectivity index (χ3v) is 7.38. The van der Waals surface area contributed by atoms with Crippen LogP contribution in [0.3, 0.4) is 0 Å². The molecule has 0 unspecified atom stereocenters. The average molecular weight is 488 g/mol. The summed E-state index contributed by atoms with van der Waals surface area (Å²) in [6, 6.07) is 11.0. The number of carbonyl (C=O) groups is 2. The van der Waals surface area contributed by atoms with Gasteiger partial charge in [-0.1, -0.05) is 26.0 Å². The van der Waals surface area contributed by atoms with Crippen molar-refractivity contribution in [1.82, 2.24) is 10.0 Å². The Morgan fingerprint density at radius 3 is 2.59 bits per heavy atom. The lowest BCUT2D eigenvalue weighted by Crippen LogP contribution is -2.52. The average Bonchev–Trinajstić information content (AvgIpc) is 3.24. The van der Waals surface area contributed by atoms with E-state index >= 15 is 0 Å². The zero-order valence-corrected chi connectivity index (χ0v) is 20.2. The maximum absolute atomic E-state index is 13.1. The lowest BCUT2D eigenvalue weighted by atomic mass is 10.1. The Kier molecular flexibility index (Phi) is 6.81. The van der Waals surface area contributed by atoms with Crippen molar-refractivity contribution >= 4 is 27.5 Å². The van der Waals surface area contributed by atoms with E-state index < -0.39 is 22.0 Å². The molecule has 2 aromatic carbocycles. The van der Waals surface area contributed by atoms with Crippen LogP contribution >= 0.6 is 0 Å². The number of anilines is 1. The Morgan fingerprint density at radius 1 is 1.15 bits per heavy atom. The van der Waals surface area contributed by atoms with Crippen LogP contribution in [0.15, 0.2) is 47.4 Å². The van der Waals surface area contributed by atoms with E-state index in [-0.39, 0.29) is 36.0 Å². The van der Waals surface area contributed by atoms with E-state index in [1.54, 1.807) is 36.9 Å².